The molecule has 0 amide bonds. The summed E-state index contributed by atoms with van der Waals surface area (Å²) in [6.45, 7) is 2.13. The zero-order valence-electron chi connectivity index (χ0n) is 19.4. The highest BCUT2D eigenvalue weighted by molar-refractivity contribution is 6.29. The van der Waals surface area contributed by atoms with Crippen LogP contribution in [-0.4, -0.2) is 9.97 Å². The molecule has 0 saturated heterocycles. The molecule has 0 spiro atoms. The zero-order valence-corrected chi connectivity index (χ0v) is 19.4. The Balaban J connectivity index is 1.66. The van der Waals surface area contributed by atoms with Gasteiger partial charge in [-0.3, -0.25) is 9.97 Å². The minimum absolute atomic E-state index is 1.13. The topological polar surface area (TPSA) is 25.8 Å². The van der Waals surface area contributed by atoms with Gasteiger partial charge in [-0.05, 0) is 79.7 Å². The molecule has 0 bridgehead atoms. The van der Waals surface area contributed by atoms with E-state index in [2.05, 4.69) is 95.8 Å². The van der Waals surface area contributed by atoms with Crippen LogP contribution in [0, 0.1) is 6.92 Å². The quantitative estimate of drug-likeness (QED) is 0.254. The van der Waals surface area contributed by atoms with Crippen molar-refractivity contribution in [2.75, 3.05) is 0 Å². The number of benzene rings is 5. The maximum atomic E-state index is 4.43. The van der Waals surface area contributed by atoms with Crippen LogP contribution in [0.4, 0.5) is 0 Å². The molecule has 2 aromatic heterocycles. The maximum Gasteiger partial charge on any atom is 0.0346 e. The number of aromatic nitrogens is 2. The van der Waals surface area contributed by atoms with Gasteiger partial charge in [-0.15, -0.1) is 0 Å². The van der Waals surface area contributed by atoms with Crippen LogP contribution in [0.1, 0.15) is 5.56 Å². The Labute approximate surface area is 203 Å². The molecule has 2 heteroatoms. The van der Waals surface area contributed by atoms with Crippen molar-refractivity contribution in [3.8, 4) is 33.4 Å². The molecular weight excluding hydrogens is 424 g/mol. The fraction of sp³-hybridized carbons (Fsp3) is 0.0303. The van der Waals surface area contributed by atoms with Crippen LogP contribution in [0.3, 0.4) is 0 Å². The highest BCUT2D eigenvalue weighted by Gasteiger charge is 2.18. The van der Waals surface area contributed by atoms with E-state index in [-0.39, 0.29) is 0 Å². The van der Waals surface area contributed by atoms with Gasteiger partial charge in [0.2, 0.25) is 0 Å². The summed E-state index contributed by atoms with van der Waals surface area (Å²) in [5, 5.41) is 7.65. The van der Waals surface area contributed by atoms with Gasteiger partial charge in [0.05, 0.1) is 0 Å². The van der Waals surface area contributed by atoms with Crippen LogP contribution < -0.4 is 0 Å². The summed E-state index contributed by atoms with van der Waals surface area (Å²) in [6, 6.07) is 33.1. The summed E-state index contributed by atoms with van der Waals surface area (Å²) in [7, 11) is 0. The van der Waals surface area contributed by atoms with E-state index in [4.69, 9.17) is 0 Å². The molecule has 2 heterocycles. The average molecular weight is 447 g/mol. The van der Waals surface area contributed by atoms with Crippen molar-refractivity contribution in [1.82, 2.24) is 9.97 Å². The molecule has 2 nitrogen and oxygen atoms in total. The van der Waals surface area contributed by atoms with Crippen molar-refractivity contribution in [2.24, 2.45) is 0 Å². The Morgan fingerprint density at radius 3 is 1.71 bits per heavy atom. The van der Waals surface area contributed by atoms with Crippen LogP contribution in [0.15, 0.2) is 116 Å². The number of hydrogen-bond donors (Lipinski definition) is 0. The Hall–Kier alpha value is -4.56. The monoisotopic (exact) mass is 446 g/mol. The zero-order chi connectivity index (χ0) is 23.4. The van der Waals surface area contributed by atoms with Gasteiger partial charge < -0.3 is 0 Å². The fourth-order valence-corrected chi connectivity index (χ4v) is 5.40. The first kappa shape index (κ1) is 19.9. The van der Waals surface area contributed by atoms with Crippen LogP contribution in [0.2, 0.25) is 0 Å². The summed E-state index contributed by atoms with van der Waals surface area (Å²) in [4.78, 5) is 8.81. The van der Waals surface area contributed by atoms with E-state index in [0.717, 1.165) is 11.1 Å². The van der Waals surface area contributed by atoms with Crippen molar-refractivity contribution < 1.29 is 0 Å². The van der Waals surface area contributed by atoms with Crippen LogP contribution in [-0.2, 0) is 0 Å². The molecule has 0 fully saturated rings. The number of aryl methyl sites for hydroxylation is 1. The molecule has 0 aliphatic carbocycles. The molecule has 164 valence electrons. The highest BCUT2D eigenvalue weighted by atomic mass is 14.6. The summed E-state index contributed by atoms with van der Waals surface area (Å²) < 4.78 is 0. The second kappa shape index (κ2) is 7.75. The fourth-order valence-electron chi connectivity index (χ4n) is 5.40. The van der Waals surface area contributed by atoms with Crippen LogP contribution in [0.5, 0.6) is 0 Å². The van der Waals surface area contributed by atoms with Gasteiger partial charge in [-0.1, -0.05) is 78.4 Å². The lowest BCUT2D eigenvalue weighted by Gasteiger charge is -2.19. The minimum atomic E-state index is 1.13. The van der Waals surface area contributed by atoms with Crippen molar-refractivity contribution >= 4 is 32.3 Å². The van der Waals surface area contributed by atoms with Crippen molar-refractivity contribution in [2.45, 2.75) is 6.92 Å². The van der Waals surface area contributed by atoms with E-state index >= 15 is 0 Å². The first-order valence-electron chi connectivity index (χ1n) is 11.9. The van der Waals surface area contributed by atoms with E-state index < -0.39 is 0 Å². The summed E-state index contributed by atoms with van der Waals surface area (Å²) in [6.07, 6.45) is 7.57. The average Bonchev–Trinajstić information content (AvgIpc) is 2.93. The first-order chi connectivity index (χ1) is 17.3. The van der Waals surface area contributed by atoms with E-state index in [1.807, 2.05) is 36.9 Å². The van der Waals surface area contributed by atoms with Crippen molar-refractivity contribution in [3.63, 3.8) is 0 Å². The number of pyridine rings is 2. The summed E-state index contributed by atoms with van der Waals surface area (Å²) >= 11 is 0. The molecule has 0 atom stereocenters. The molecule has 0 N–H and O–H groups in total. The van der Waals surface area contributed by atoms with E-state index in [0.29, 0.717) is 0 Å². The van der Waals surface area contributed by atoms with Gasteiger partial charge in [-0.25, -0.2) is 0 Å². The standard InChI is InChI=1S/C33H22N2/c1-21-6-8-22(9-7-21)30-18-31(25-5-3-17-35-20-25)28-13-11-23-10-12-26(24-4-2-16-34-19-24)27-14-15-29(30)33(28)32(23)27/h2-20H,1H3. The molecule has 0 saturated carbocycles. The van der Waals surface area contributed by atoms with Gasteiger partial charge >= 0.3 is 0 Å². The molecule has 0 radical (unpaired) electrons. The van der Waals surface area contributed by atoms with Crippen molar-refractivity contribution in [3.05, 3.63) is 121 Å². The molecule has 7 rings (SSSR count). The SMILES string of the molecule is Cc1ccc(-c2cc(-c3cccnc3)c3ccc4ccc(-c5cccnc5)c5ccc2c3c45)cc1. The van der Waals surface area contributed by atoms with Gasteiger partial charge in [-0.2, -0.15) is 0 Å². The number of nitrogens with zero attached hydrogens (tertiary/aromatic N) is 2. The smallest absolute Gasteiger partial charge is 0.0346 e. The third-order valence-electron chi connectivity index (χ3n) is 7.09. The van der Waals surface area contributed by atoms with Crippen LogP contribution >= 0.6 is 0 Å². The van der Waals surface area contributed by atoms with Gasteiger partial charge in [0, 0.05) is 35.9 Å². The van der Waals surface area contributed by atoms with E-state index in [1.54, 1.807) is 0 Å². The summed E-state index contributed by atoms with van der Waals surface area (Å²) in [5.74, 6) is 0. The predicted octanol–water partition coefficient (Wildman–Crippen LogP) is 8.68. The lowest BCUT2D eigenvalue weighted by atomic mass is 9.84. The summed E-state index contributed by atoms with van der Waals surface area (Å²) in [5.41, 5.74) is 8.43. The third kappa shape index (κ3) is 3.11. The second-order valence-electron chi connectivity index (χ2n) is 9.18. The van der Waals surface area contributed by atoms with Gasteiger partial charge in [0.15, 0.2) is 0 Å². The Morgan fingerprint density at radius 2 is 1.06 bits per heavy atom. The normalized spacial score (nSPS) is 11.6. The van der Waals surface area contributed by atoms with Crippen LogP contribution in [0.25, 0.3) is 65.7 Å². The third-order valence-corrected chi connectivity index (χ3v) is 7.09. The Morgan fingerprint density at radius 1 is 0.486 bits per heavy atom. The molecule has 5 aromatic carbocycles. The second-order valence-corrected chi connectivity index (χ2v) is 9.18. The van der Waals surface area contributed by atoms with E-state index in [1.165, 1.54) is 60.1 Å². The number of rotatable bonds is 3. The lowest BCUT2D eigenvalue weighted by molar-refractivity contribution is 1.33. The largest absolute Gasteiger partial charge is 0.264 e. The first-order valence-corrected chi connectivity index (χ1v) is 11.9. The van der Waals surface area contributed by atoms with Crippen molar-refractivity contribution in [1.29, 1.82) is 0 Å². The van der Waals surface area contributed by atoms with E-state index in [9.17, 15) is 0 Å². The molecule has 0 unspecified atom stereocenters. The Kier molecular flexibility index (Phi) is 4.40. The molecule has 0 aliphatic heterocycles. The van der Waals surface area contributed by atoms with Gasteiger partial charge in [0.1, 0.15) is 0 Å². The minimum Gasteiger partial charge on any atom is -0.264 e. The number of hydrogen-bond acceptors (Lipinski definition) is 2. The molecule has 7 aromatic rings. The molecule has 0 aliphatic rings. The van der Waals surface area contributed by atoms with Gasteiger partial charge in [0.25, 0.3) is 0 Å². The highest BCUT2D eigenvalue weighted by Crippen LogP contribution is 2.45. The predicted molar refractivity (Wildman–Crippen MR) is 147 cm³/mol. The Bertz CT molecular complexity index is 1820. The molecule has 35 heavy (non-hydrogen) atoms. The lowest BCUT2D eigenvalue weighted by Crippen LogP contribution is -1.92. The maximum absolute atomic E-state index is 4.43. The molecular formula is C33H22N2.